The van der Waals surface area contributed by atoms with Crippen LogP contribution in [0.25, 0.3) is 0 Å². The van der Waals surface area contributed by atoms with Gasteiger partial charge in [-0.05, 0) is 47.0 Å². The Kier molecular flexibility index (Phi) is 3.67. The highest BCUT2D eigenvalue weighted by atomic mass is 79.9. The Morgan fingerprint density at radius 2 is 1.90 bits per heavy atom. The first-order valence-corrected chi connectivity index (χ1v) is 7.94. The SMILES string of the molecule is O=[N+]([O-])c1cc(Br)cnc1N1CCC2(CCCC2)CC1. The fourth-order valence-electron chi connectivity index (χ4n) is 3.62. The van der Waals surface area contributed by atoms with Crippen molar-refractivity contribution in [1.82, 2.24) is 4.98 Å². The van der Waals surface area contributed by atoms with Crippen LogP contribution in [-0.2, 0) is 0 Å². The van der Waals surface area contributed by atoms with Crippen LogP contribution in [0.5, 0.6) is 0 Å². The summed E-state index contributed by atoms with van der Waals surface area (Å²) >= 11 is 3.25. The number of halogens is 1. The van der Waals surface area contributed by atoms with E-state index < -0.39 is 0 Å². The molecule has 0 amide bonds. The standard InChI is InChI=1S/C14H18BrN3O2/c15-11-9-12(18(19)20)13(16-10-11)17-7-5-14(6-8-17)3-1-2-4-14/h9-10H,1-8H2. The van der Waals surface area contributed by atoms with E-state index in [2.05, 4.69) is 25.8 Å². The molecule has 108 valence electrons. The summed E-state index contributed by atoms with van der Waals surface area (Å²) in [6.07, 6.45) is 9.27. The number of anilines is 1. The zero-order chi connectivity index (χ0) is 14.2. The number of nitrogens with zero attached hydrogens (tertiary/aromatic N) is 3. The Labute approximate surface area is 126 Å². The van der Waals surface area contributed by atoms with Gasteiger partial charge in [-0.2, -0.15) is 0 Å². The highest BCUT2D eigenvalue weighted by Gasteiger charge is 2.38. The van der Waals surface area contributed by atoms with E-state index in [-0.39, 0.29) is 10.6 Å². The molecule has 1 saturated heterocycles. The monoisotopic (exact) mass is 339 g/mol. The van der Waals surface area contributed by atoms with Gasteiger partial charge in [0.1, 0.15) is 0 Å². The number of pyridine rings is 1. The molecule has 3 rings (SSSR count). The van der Waals surface area contributed by atoms with Gasteiger partial charge in [0.2, 0.25) is 5.82 Å². The van der Waals surface area contributed by atoms with Gasteiger partial charge < -0.3 is 4.90 Å². The topological polar surface area (TPSA) is 59.3 Å². The molecule has 0 bridgehead atoms. The van der Waals surface area contributed by atoms with Crippen LogP contribution in [0.1, 0.15) is 38.5 Å². The minimum absolute atomic E-state index is 0.0988. The van der Waals surface area contributed by atoms with Crippen molar-refractivity contribution >= 4 is 27.4 Å². The molecule has 0 aromatic carbocycles. The number of piperidine rings is 1. The molecular formula is C14H18BrN3O2. The molecule has 0 atom stereocenters. The summed E-state index contributed by atoms with van der Waals surface area (Å²) in [6, 6.07) is 1.54. The zero-order valence-corrected chi connectivity index (χ0v) is 12.9. The van der Waals surface area contributed by atoms with Crippen LogP contribution in [-0.4, -0.2) is 23.0 Å². The van der Waals surface area contributed by atoms with E-state index in [0.717, 1.165) is 25.9 Å². The van der Waals surface area contributed by atoms with Gasteiger partial charge in [-0.3, -0.25) is 10.1 Å². The summed E-state index contributed by atoms with van der Waals surface area (Å²) < 4.78 is 0.650. The Morgan fingerprint density at radius 3 is 2.50 bits per heavy atom. The number of rotatable bonds is 2. The van der Waals surface area contributed by atoms with E-state index in [0.29, 0.717) is 15.7 Å². The number of hydrogen-bond acceptors (Lipinski definition) is 4. The molecule has 5 nitrogen and oxygen atoms in total. The molecule has 0 unspecified atom stereocenters. The second kappa shape index (κ2) is 5.31. The van der Waals surface area contributed by atoms with Crippen molar-refractivity contribution in [3.63, 3.8) is 0 Å². The first-order chi connectivity index (χ1) is 9.60. The second-order valence-electron chi connectivity index (χ2n) is 5.95. The van der Waals surface area contributed by atoms with Crippen LogP contribution in [0.2, 0.25) is 0 Å². The first kappa shape index (κ1) is 13.8. The van der Waals surface area contributed by atoms with Gasteiger partial charge >= 0.3 is 5.69 Å². The van der Waals surface area contributed by atoms with Crippen LogP contribution in [0.3, 0.4) is 0 Å². The lowest BCUT2D eigenvalue weighted by molar-refractivity contribution is -0.384. The van der Waals surface area contributed by atoms with E-state index in [4.69, 9.17) is 0 Å². The maximum Gasteiger partial charge on any atom is 0.312 e. The van der Waals surface area contributed by atoms with Crippen LogP contribution < -0.4 is 4.90 Å². The number of aromatic nitrogens is 1. The quantitative estimate of drug-likeness (QED) is 0.605. The van der Waals surface area contributed by atoms with Gasteiger partial charge in [0, 0.05) is 29.8 Å². The Morgan fingerprint density at radius 1 is 1.25 bits per heavy atom. The van der Waals surface area contributed by atoms with Gasteiger partial charge in [-0.25, -0.2) is 4.98 Å². The van der Waals surface area contributed by atoms with E-state index >= 15 is 0 Å². The van der Waals surface area contributed by atoms with Gasteiger partial charge in [-0.1, -0.05) is 12.8 Å². The molecule has 2 heterocycles. The van der Waals surface area contributed by atoms with Crippen molar-refractivity contribution in [2.45, 2.75) is 38.5 Å². The minimum atomic E-state index is -0.340. The third-order valence-corrected chi connectivity index (χ3v) is 5.23. The zero-order valence-electron chi connectivity index (χ0n) is 11.3. The summed E-state index contributed by atoms with van der Waals surface area (Å²) in [4.78, 5) is 17.2. The van der Waals surface area contributed by atoms with Gasteiger partial charge in [0.25, 0.3) is 0 Å². The molecule has 1 aliphatic carbocycles. The van der Waals surface area contributed by atoms with E-state index in [1.54, 1.807) is 12.3 Å². The summed E-state index contributed by atoms with van der Waals surface area (Å²) in [5, 5.41) is 11.2. The van der Waals surface area contributed by atoms with Crippen molar-refractivity contribution in [2.24, 2.45) is 5.41 Å². The molecular weight excluding hydrogens is 322 g/mol. The Balaban J connectivity index is 1.79. The van der Waals surface area contributed by atoms with Crippen LogP contribution in [0, 0.1) is 15.5 Å². The van der Waals surface area contributed by atoms with Crippen LogP contribution >= 0.6 is 15.9 Å². The van der Waals surface area contributed by atoms with Gasteiger partial charge in [0.05, 0.1) is 4.92 Å². The molecule has 1 aliphatic heterocycles. The Hall–Kier alpha value is -1.17. The normalized spacial score (nSPS) is 21.4. The number of hydrogen-bond donors (Lipinski definition) is 0. The average molecular weight is 340 g/mol. The predicted octanol–water partition coefficient (Wildman–Crippen LogP) is 3.91. The molecule has 2 fully saturated rings. The van der Waals surface area contributed by atoms with E-state index in [1.807, 2.05) is 0 Å². The highest BCUT2D eigenvalue weighted by Crippen LogP contribution is 2.47. The van der Waals surface area contributed by atoms with Crippen LogP contribution in [0.15, 0.2) is 16.7 Å². The van der Waals surface area contributed by atoms with Crippen molar-refractivity contribution in [2.75, 3.05) is 18.0 Å². The molecule has 2 aliphatic rings. The summed E-state index contributed by atoms with van der Waals surface area (Å²) in [7, 11) is 0. The second-order valence-corrected chi connectivity index (χ2v) is 6.86. The highest BCUT2D eigenvalue weighted by molar-refractivity contribution is 9.10. The lowest BCUT2D eigenvalue weighted by Crippen LogP contribution is -2.39. The molecule has 0 N–H and O–H groups in total. The molecule has 0 radical (unpaired) electrons. The van der Waals surface area contributed by atoms with Crippen LogP contribution in [0.4, 0.5) is 11.5 Å². The number of nitro groups is 1. The van der Waals surface area contributed by atoms with E-state index in [9.17, 15) is 10.1 Å². The molecule has 20 heavy (non-hydrogen) atoms. The van der Waals surface area contributed by atoms with Crippen molar-refractivity contribution in [3.8, 4) is 0 Å². The summed E-state index contributed by atoms with van der Waals surface area (Å²) in [5.41, 5.74) is 0.613. The molecule has 1 aromatic heterocycles. The lowest BCUT2D eigenvalue weighted by atomic mass is 9.77. The lowest BCUT2D eigenvalue weighted by Gasteiger charge is -2.39. The maximum absolute atomic E-state index is 11.2. The molecule has 1 aromatic rings. The van der Waals surface area contributed by atoms with Crippen molar-refractivity contribution < 1.29 is 4.92 Å². The largest absolute Gasteiger partial charge is 0.351 e. The third-order valence-electron chi connectivity index (χ3n) is 4.80. The van der Waals surface area contributed by atoms with Gasteiger partial charge in [-0.15, -0.1) is 0 Å². The third kappa shape index (κ3) is 2.53. The molecule has 1 spiro atoms. The van der Waals surface area contributed by atoms with E-state index in [1.165, 1.54) is 25.7 Å². The molecule has 1 saturated carbocycles. The Bertz CT molecular complexity index is 519. The average Bonchev–Trinajstić information content (AvgIpc) is 2.88. The fraction of sp³-hybridized carbons (Fsp3) is 0.643. The fourth-order valence-corrected chi connectivity index (χ4v) is 3.94. The smallest absolute Gasteiger partial charge is 0.312 e. The predicted molar refractivity (Wildman–Crippen MR) is 80.9 cm³/mol. The minimum Gasteiger partial charge on any atom is -0.351 e. The summed E-state index contributed by atoms with van der Waals surface area (Å²) in [6.45, 7) is 1.77. The maximum atomic E-state index is 11.2. The van der Waals surface area contributed by atoms with Gasteiger partial charge in [0.15, 0.2) is 0 Å². The van der Waals surface area contributed by atoms with Crippen molar-refractivity contribution in [3.05, 3.63) is 26.9 Å². The first-order valence-electron chi connectivity index (χ1n) is 7.15. The van der Waals surface area contributed by atoms with Crippen molar-refractivity contribution in [1.29, 1.82) is 0 Å². The molecule has 6 heteroatoms. The summed E-state index contributed by atoms with van der Waals surface area (Å²) in [5.74, 6) is 0.519.